The van der Waals surface area contributed by atoms with Crippen LogP contribution in [0.5, 0.6) is 23.0 Å². The molecule has 1 aliphatic heterocycles. The molecule has 1 aromatic heterocycles. The Hall–Kier alpha value is -4.83. The van der Waals surface area contributed by atoms with Crippen molar-refractivity contribution in [2.24, 2.45) is 4.99 Å². The molecule has 9 nitrogen and oxygen atoms in total. The molecule has 4 aromatic rings. The van der Waals surface area contributed by atoms with Crippen LogP contribution in [-0.2, 0) is 16.1 Å². The molecule has 228 valence electrons. The van der Waals surface area contributed by atoms with Crippen molar-refractivity contribution in [3.05, 3.63) is 114 Å². The lowest BCUT2D eigenvalue weighted by atomic mass is 9.94. The van der Waals surface area contributed by atoms with Crippen molar-refractivity contribution in [2.45, 2.75) is 33.4 Å². The fraction of sp³-hybridized carbons (Fsp3) is 0.265. The Morgan fingerprint density at radius 2 is 1.70 bits per heavy atom. The molecule has 0 amide bonds. The number of thiazole rings is 1. The highest BCUT2D eigenvalue weighted by molar-refractivity contribution is 7.07. The average molecular weight is 615 g/mol. The topological polar surface area (TPSA) is 97.6 Å². The van der Waals surface area contributed by atoms with E-state index in [0.29, 0.717) is 56.8 Å². The summed E-state index contributed by atoms with van der Waals surface area (Å²) in [7, 11) is 3.09. The molecule has 0 spiro atoms. The predicted octanol–water partition coefficient (Wildman–Crippen LogP) is 4.79. The van der Waals surface area contributed by atoms with Crippen molar-refractivity contribution < 1.29 is 28.5 Å². The van der Waals surface area contributed by atoms with Crippen LogP contribution in [0.4, 0.5) is 0 Å². The van der Waals surface area contributed by atoms with Gasteiger partial charge < -0.3 is 23.7 Å². The summed E-state index contributed by atoms with van der Waals surface area (Å²) in [6, 6.07) is 19.9. The molecule has 5 rings (SSSR count). The Morgan fingerprint density at radius 3 is 2.41 bits per heavy atom. The number of fused-ring (bicyclic) bond motifs is 1. The van der Waals surface area contributed by atoms with Crippen molar-refractivity contribution >= 4 is 23.4 Å². The minimum Gasteiger partial charge on any atom is -0.497 e. The van der Waals surface area contributed by atoms with Crippen LogP contribution < -0.4 is 33.8 Å². The zero-order valence-electron chi connectivity index (χ0n) is 25.3. The third-order valence-electron chi connectivity index (χ3n) is 7.05. The molecule has 0 unspecified atom stereocenters. The molecule has 2 heterocycles. The number of hydrogen-bond acceptors (Lipinski definition) is 9. The van der Waals surface area contributed by atoms with Crippen molar-refractivity contribution in [3.8, 4) is 23.0 Å². The second-order valence-electron chi connectivity index (χ2n) is 9.82. The number of allylic oxidation sites excluding steroid dienone is 1. The van der Waals surface area contributed by atoms with Crippen molar-refractivity contribution in [2.75, 3.05) is 27.4 Å². The second-order valence-corrected chi connectivity index (χ2v) is 10.8. The van der Waals surface area contributed by atoms with E-state index in [9.17, 15) is 9.59 Å². The van der Waals surface area contributed by atoms with Crippen LogP contribution in [0, 0.1) is 0 Å². The van der Waals surface area contributed by atoms with Gasteiger partial charge >= 0.3 is 5.97 Å². The van der Waals surface area contributed by atoms with Crippen LogP contribution in [0.25, 0.3) is 6.08 Å². The van der Waals surface area contributed by atoms with Gasteiger partial charge in [-0.1, -0.05) is 47.7 Å². The van der Waals surface area contributed by atoms with E-state index in [2.05, 4.69) is 4.99 Å². The molecule has 0 N–H and O–H groups in total. The molecule has 44 heavy (non-hydrogen) atoms. The number of rotatable bonds is 11. The summed E-state index contributed by atoms with van der Waals surface area (Å²) in [5.41, 5.74) is 2.79. The predicted molar refractivity (Wildman–Crippen MR) is 168 cm³/mol. The van der Waals surface area contributed by atoms with Gasteiger partial charge in [-0.05, 0) is 68.3 Å². The van der Waals surface area contributed by atoms with Crippen molar-refractivity contribution in [1.29, 1.82) is 0 Å². The van der Waals surface area contributed by atoms with Gasteiger partial charge in [-0.2, -0.15) is 0 Å². The summed E-state index contributed by atoms with van der Waals surface area (Å²) < 4.78 is 30.5. The van der Waals surface area contributed by atoms with Crippen LogP contribution in [0.1, 0.15) is 43.5 Å². The van der Waals surface area contributed by atoms with Gasteiger partial charge in [0.15, 0.2) is 16.3 Å². The van der Waals surface area contributed by atoms with Gasteiger partial charge in [0.05, 0.1) is 43.2 Å². The quantitative estimate of drug-likeness (QED) is 0.224. The van der Waals surface area contributed by atoms with Crippen molar-refractivity contribution in [1.82, 2.24) is 4.57 Å². The Kier molecular flexibility index (Phi) is 9.50. The van der Waals surface area contributed by atoms with Crippen LogP contribution in [0.15, 0.2) is 87.8 Å². The van der Waals surface area contributed by atoms with E-state index < -0.39 is 12.0 Å². The van der Waals surface area contributed by atoms with E-state index in [1.165, 1.54) is 15.9 Å². The molecular weight excluding hydrogens is 580 g/mol. The lowest BCUT2D eigenvalue weighted by Crippen LogP contribution is -2.40. The van der Waals surface area contributed by atoms with Gasteiger partial charge in [0.25, 0.3) is 5.56 Å². The molecular formula is C34H34N2O7S. The van der Waals surface area contributed by atoms with Crippen molar-refractivity contribution in [3.63, 3.8) is 0 Å². The maximum absolute atomic E-state index is 14.1. The molecule has 0 radical (unpaired) electrons. The Morgan fingerprint density at radius 1 is 0.932 bits per heavy atom. The highest BCUT2D eigenvalue weighted by Gasteiger charge is 2.35. The second kappa shape index (κ2) is 13.6. The smallest absolute Gasteiger partial charge is 0.338 e. The first-order chi connectivity index (χ1) is 21.4. The molecule has 3 aromatic carbocycles. The number of hydrogen-bond donors (Lipinski definition) is 0. The third kappa shape index (κ3) is 6.26. The Labute approximate surface area is 259 Å². The summed E-state index contributed by atoms with van der Waals surface area (Å²) in [5, 5.41) is 0. The molecule has 0 aliphatic carbocycles. The summed E-state index contributed by atoms with van der Waals surface area (Å²) in [5.74, 6) is 1.68. The number of carbonyl (C=O) groups is 1. The molecule has 0 saturated heterocycles. The number of ether oxygens (including phenoxy) is 5. The fourth-order valence-electron chi connectivity index (χ4n) is 5.03. The number of benzene rings is 3. The van der Waals surface area contributed by atoms with Crippen LogP contribution in [-0.4, -0.2) is 38.0 Å². The fourth-order valence-corrected chi connectivity index (χ4v) is 6.07. The van der Waals surface area contributed by atoms with Crippen LogP contribution >= 0.6 is 11.3 Å². The normalized spacial score (nSPS) is 14.5. The Bertz CT molecular complexity index is 1880. The number of nitrogens with zero attached hydrogens (tertiary/aromatic N) is 2. The maximum Gasteiger partial charge on any atom is 0.338 e. The standard InChI is InChI=1S/C34H34N2O7S/c1-6-41-28-17-23(13-15-27(28)43-20-22-11-9-8-10-12-22)18-29-32(37)36-31(25-19-24(39-4)14-16-26(25)40-5)30(33(38)42-7-2)21(3)35-34(36)44-29/h8-19,31H,6-7,20H2,1-5H3/b29-18+/t31-/m0/s1. The summed E-state index contributed by atoms with van der Waals surface area (Å²) in [4.78, 5) is 32.5. The van der Waals surface area contributed by atoms with Gasteiger partial charge in [0.1, 0.15) is 24.1 Å². The zero-order valence-corrected chi connectivity index (χ0v) is 26.1. The number of aromatic nitrogens is 1. The molecule has 0 fully saturated rings. The van der Waals surface area contributed by atoms with Crippen LogP contribution in [0.3, 0.4) is 0 Å². The van der Waals surface area contributed by atoms with E-state index in [4.69, 9.17) is 23.7 Å². The van der Waals surface area contributed by atoms with E-state index in [-0.39, 0.29) is 17.7 Å². The monoisotopic (exact) mass is 614 g/mol. The summed E-state index contributed by atoms with van der Waals surface area (Å²) in [6.07, 6.45) is 1.79. The third-order valence-corrected chi connectivity index (χ3v) is 8.03. The highest BCUT2D eigenvalue weighted by atomic mass is 32.1. The SMILES string of the molecule is CCOC(=O)C1=C(C)N=c2s/c(=C/c3ccc(OCc4ccccc4)c(OCC)c3)c(=O)n2[C@H]1c1cc(OC)ccc1OC. The lowest BCUT2D eigenvalue weighted by molar-refractivity contribution is -0.139. The van der Waals surface area contributed by atoms with E-state index in [1.54, 1.807) is 52.3 Å². The first-order valence-corrected chi connectivity index (χ1v) is 15.0. The number of esters is 1. The number of carbonyl (C=O) groups excluding carboxylic acids is 1. The molecule has 1 atom stereocenters. The molecule has 0 bridgehead atoms. The van der Waals surface area contributed by atoms with Crippen LogP contribution in [0.2, 0.25) is 0 Å². The minimum atomic E-state index is -0.842. The van der Waals surface area contributed by atoms with E-state index >= 15 is 0 Å². The van der Waals surface area contributed by atoms with Gasteiger partial charge in [-0.3, -0.25) is 9.36 Å². The average Bonchev–Trinajstić information content (AvgIpc) is 3.34. The molecule has 1 aliphatic rings. The summed E-state index contributed by atoms with van der Waals surface area (Å²) >= 11 is 1.24. The molecule has 10 heteroatoms. The van der Waals surface area contributed by atoms with Gasteiger partial charge in [0.2, 0.25) is 0 Å². The largest absolute Gasteiger partial charge is 0.497 e. The lowest BCUT2D eigenvalue weighted by Gasteiger charge is -2.26. The Balaban J connectivity index is 1.61. The first-order valence-electron chi connectivity index (χ1n) is 14.2. The number of methoxy groups -OCH3 is 2. The zero-order chi connectivity index (χ0) is 31.2. The first kappa shape index (κ1) is 30.6. The maximum atomic E-state index is 14.1. The van der Waals surface area contributed by atoms with E-state index in [1.807, 2.05) is 55.5 Å². The summed E-state index contributed by atoms with van der Waals surface area (Å²) in [6.45, 7) is 6.40. The minimum absolute atomic E-state index is 0.176. The van der Waals surface area contributed by atoms with Gasteiger partial charge in [0, 0.05) is 5.56 Å². The molecule has 0 saturated carbocycles. The highest BCUT2D eigenvalue weighted by Crippen LogP contribution is 2.38. The van der Waals surface area contributed by atoms with E-state index in [0.717, 1.165) is 11.1 Å². The van der Waals surface area contributed by atoms with Gasteiger partial charge in [-0.15, -0.1) is 0 Å². The van der Waals surface area contributed by atoms with Gasteiger partial charge in [-0.25, -0.2) is 9.79 Å².